The van der Waals surface area contributed by atoms with Gasteiger partial charge in [-0.05, 0) is 56.3 Å². The van der Waals surface area contributed by atoms with Crippen molar-refractivity contribution in [1.29, 1.82) is 5.26 Å². The molecule has 1 aromatic heterocycles. The van der Waals surface area contributed by atoms with E-state index in [1.807, 2.05) is 25.1 Å². The molecule has 0 unspecified atom stereocenters. The summed E-state index contributed by atoms with van der Waals surface area (Å²) in [6.07, 6.45) is 3.42. The maximum atomic E-state index is 10.0. The standard InChI is InChI=1S/C17H19N3O/c1-11-3-6-17(12(2)21)20(11)14-4-5-15-13(9-14)7-8-19-16(15)10-18/h4-5,7-9,11-12,17,21H,3,6H2,1-2H3/t11-,12-,17-/m1/s1. The smallest absolute Gasteiger partial charge is 0.148 e. The van der Waals surface area contributed by atoms with Gasteiger partial charge in [0.05, 0.1) is 12.1 Å². The van der Waals surface area contributed by atoms with Crippen molar-refractivity contribution in [3.63, 3.8) is 0 Å². The summed E-state index contributed by atoms with van der Waals surface area (Å²) in [5.41, 5.74) is 1.56. The molecule has 1 aliphatic heterocycles. The molecule has 0 radical (unpaired) electrons. The average Bonchev–Trinajstić information content (AvgIpc) is 2.88. The average molecular weight is 281 g/mol. The van der Waals surface area contributed by atoms with Crippen molar-refractivity contribution in [2.24, 2.45) is 0 Å². The van der Waals surface area contributed by atoms with Crippen LogP contribution in [-0.4, -0.2) is 28.3 Å². The van der Waals surface area contributed by atoms with Crippen molar-refractivity contribution in [3.05, 3.63) is 36.2 Å². The van der Waals surface area contributed by atoms with E-state index in [0.717, 1.165) is 29.3 Å². The fraction of sp³-hybridized carbons (Fsp3) is 0.412. The van der Waals surface area contributed by atoms with Crippen LogP contribution in [0.2, 0.25) is 0 Å². The zero-order chi connectivity index (χ0) is 15.0. The first kappa shape index (κ1) is 13.8. The molecule has 1 aliphatic rings. The van der Waals surface area contributed by atoms with Gasteiger partial charge in [0.15, 0.2) is 0 Å². The lowest BCUT2D eigenvalue weighted by Crippen LogP contribution is -2.40. The molecule has 1 aromatic carbocycles. The summed E-state index contributed by atoms with van der Waals surface area (Å²) in [7, 11) is 0. The summed E-state index contributed by atoms with van der Waals surface area (Å²) in [4.78, 5) is 6.40. The van der Waals surface area contributed by atoms with Crippen LogP contribution in [0.1, 0.15) is 32.4 Å². The third kappa shape index (κ3) is 2.34. The van der Waals surface area contributed by atoms with E-state index < -0.39 is 0 Å². The van der Waals surface area contributed by atoms with Crippen LogP contribution in [-0.2, 0) is 0 Å². The van der Waals surface area contributed by atoms with E-state index in [0.29, 0.717) is 11.7 Å². The van der Waals surface area contributed by atoms with Crippen LogP contribution >= 0.6 is 0 Å². The highest BCUT2D eigenvalue weighted by atomic mass is 16.3. The van der Waals surface area contributed by atoms with Gasteiger partial charge in [-0.1, -0.05) is 0 Å². The number of aliphatic hydroxyl groups is 1. The Labute approximate surface area is 124 Å². The molecule has 4 nitrogen and oxygen atoms in total. The van der Waals surface area contributed by atoms with Crippen molar-refractivity contribution in [3.8, 4) is 6.07 Å². The molecule has 3 atom stereocenters. The van der Waals surface area contributed by atoms with Crippen LogP contribution < -0.4 is 4.90 Å². The Kier molecular flexibility index (Phi) is 3.52. The Hall–Kier alpha value is -2.12. The zero-order valence-electron chi connectivity index (χ0n) is 12.3. The number of anilines is 1. The summed E-state index contributed by atoms with van der Waals surface area (Å²) in [6, 6.07) is 10.7. The van der Waals surface area contributed by atoms with E-state index in [1.165, 1.54) is 0 Å². The molecule has 1 N–H and O–H groups in total. The summed E-state index contributed by atoms with van der Waals surface area (Å²) in [5, 5.41) is 21.0. The number of aromatic nitrogens is 1. The Bertz CT molecular complexity index is 705. The molecule has 1 saturated heterocycles. The van der Waals surface area contributed by atoms with E-state index in [1.54, 1.807) is 6.20 Å². The molecular weight excluding hydrogens is 262 g/mol. The summed E-state index contributed by atoms with van der Waals surface area (Å²) >= 11 is 0. The lowest BCUT2D eigenvalue weighted by Gasteiger charge is -2.32. The molecule has 0 saturated carbocycles. The molecule has 0 spiro atoms. The molecule has 3 rings (SSSR count). The quantitative estimate of drug-likeness (QED) is 0.919. The minimum Gasteiger partial charge on any atom is -0.391 e. The van der Waals surface area contributed by atoms with Crippen molar-refractivity contribution < 1.29 is 5.11 Å². The predicted octanol–water partition coefficient (Wildman–Crippen LogP) is 2.84. The summed E-state index contributed by atoms with van der Waals surface area (Å²) < 4.78 is 0. The first-order chi connectivity index (χ1) is 10.1. The van der Waals surface area contributed by atoms with Crippen LogP contribution in [0.15, 0.2) is 30.5 Å². The monoisotopic (exact) mass is 281 g/mol. The second kappa shape index (κ2) is 5.34. The first-order valence-electron chi connectivity index (χ1n) is 7.37. The van der Waals surface area contributed by atoms with Gasteiger partial charge in [0.25, 0.3) is 0 Å². The number of rotatable bonds is 2. The van der Waals surface area contributed by atoms with Gasteiger partial charge in [-0.3, -0.25) is 0 Å². The topological polar surface area (TPSA) is 60.1 Å². The van der Waals surface area contributed by atoms with Crippen molar-refractivity contribution in [1.82, 2.24) is 4.98 Å². The molecule has 2 heterocycles. The van der Waals surface area contributed by atoms with Gasteiger partial charge in [0, 0.05) is 23.3 Å². The highest BCUT2D eigenvalue weighted by molar-refractivity contribution is 5.89. The Morgan fingerprint density at radius 2 is 2.19 bits per heavy atom. The third-order valence-corrected chi connectivity index (χ3v) is 4.42. The number of nitriles is 1. The Balaban J connectivity index is 2.07. The van der Waals surface area contributed by atoms with Gasteiger partial charge in [-0.2, -0.15) is 5.26 Å². The van der Waals surface area contributed by atoms with Crippen LogP contribution in [0.3, 0.4) is 0 Å². The van der Waals surface area contributed by atoms with Crippen molar-refractivity contribution in [2.75, 3.05) is 4.90 Å². The van der Waals surface area contributed by atoms with Gasteiger partial charge < -0.3 is 10.0 Å². The number of hydrogen-bond donors (Lipinski definition) is 1. The van der Waals surface area contributed by atoms with Gasteiger partial charge >= 0.3 is 0 Å². The highest BCUT2D eigenvalue weighted by Gasteiger charge is 2.33. The molecule has 4 heteroatoms. The fourth-order valence-electron chi connectivity index (χ4n) is 3.35. The SMILES string of the molecule is C[C@@H]1CC[C@H]([C@@H](C)O)N1c1ccc2c(C#N)nccc2c1. The number of aliphatic hydroxyl groups excluding tert-OH is 1. The van der Waals surface area contributed by atoms with E-state index in [9.17, 15) is 5.11 Å². The van der Waals surface area contributed by atoms with Gasteiger partial charge in [-0.25, -0.2) is 4.98 Å². The van der Waals surface area contributed by atoms with E-state index in [-0.39, 0.29) is 12.1 Å². The van der Waals surface area contributed by atoms with Gasteiger partial charge in [0.2, 0.25) is 0 Å². The minimum absolute atomic E-state index is 0.162. The van der Waals surface area contributed by atoms with E-state index >= 15 is 0 Å². The second-order valence-electron chi connectivity index (χ2n) is 5.82. The Morgan fingerprint density at radius 3 is 2.90 bits per heavy atom. The highest BCUT2D eigenvalue weighted by Crippen LogP contribution is 2.34. The molecule has 108 valence electrons. The van der Waals surface area contributed by atoms with Crippen molar-refractivity contribution in [2.45, 2.75) is 44.9 Å². The predicted molar refractivity (Wildman–Crippen MR) is 83.1 cm³/mol. The largest absolute Gasteiger partial charge is 0.391 e. The summed E-state index contributed by atoms with van der Waals surface area (Å²) in [5.74, 6) is 0. The molecular formula is C17H19N3O. The maximum absolute atomic E-state index is 10.0. The second-order valence-corrected chi connectivity index (χ2v) is 5.82. The third-order valence-electron chi connectivity index (χ3n) is 4.42. The van der Waals surface area contributed by atoms with Crippen LogP contribution in [0.4, 0.5) is 5.69 Å². The van der Waals surface area contributed by atoms with Crippen LogP contribution in [0.5, 0.6) is 0 Å². The fourth-order valence-corrected chi connectivity index (χ4v) is 3.35. The molecule has 21 heavy (non-hydrogen) atoms. The first-order valence-corrected chi connectivity index (χ1v) is 7.37. The Morgan fingerprint density at radius 1 is 1.38 bits per heavy atom. The normalized spacial score (nSPS) is 23.2. The zero-order valence-corrected chi connectivity index (χ0v) is 12.3. The van der Waals surface area contributed by atoms with Gasteiger partial charge in [-0.15, -0.1) is 0 Å². The molecule has 1 fully saturated rings. The van der Waals surface area contributed by atoms with E-state index in [4.69, 9.17) is 5.26 Å². The maximum Gasteiger partial charge on any atom is 0.148 e. The molecule has 0 aliphatic carbocycles. The number of pyridine rings is 1. The van der Waals surface area contributed by atoms with E-state index in [2.05, 4.69) is 28.9 Å². The molecule has 2 aromatic rings. The minimum atomic E-state index is -0.349. The number of fused-ring (bicyclic) bond motifs is 1. The molecule has 0 amide bonds. The van der Waals surface area contributed by atoms with Crippen LogP contribution in [0, 0.1) is 11.3 Å². The number of benzene rings is 1. The summed E-state index contributed by atoms with van der Waals surface area (Å²) in [6.45, 7) is 4.05. The van der Waals surface area contributed by atoms with Crippen molar-refractivity contribution >= 4 is 16.5 Å². The lowest BCUT2D eigenvalue weighted by molar-refractivity contribution is 0.163. The van der Waals surface area contributed by atoms with Crippen LogP contribution in [0.25, 0.3) is 10.8 Å². The number of hydrogen-bond acceptors (Lipinski definition) is 4. The lowest BCUT2D eigenvalue weighted by atomic mass is 10.1. The van der Waals surface area contributed by atoms with Gasteiger partial charge in [0.1, 0.15) is 11.8 Å². The number of nitrogens with zero attached hydrogens (tertiary/aromatic N) is 3. The molecule has 0 bridgehead atoms.